The first-order chi connectivity index (χ1) is 20.4. The molecule has 3 rings (SSSR count). The number of methoxy groups -OCH3 is 2. The molecule has 0 heterocycles. The van der Waals surface area contributed by atoms with E-state index in [9.17, 15) is 18.0 Å². The molecule has 0 radical (unpaired) electrons. The van der Waals surface area contributed by atoms with E-state index in [0.717, 1.165) is 16.1 Å². The molecule has 232 valence electrons. The van der Waals surface area contributed by atoms with Crippen LogP contribution >= 0.6 is 23.2 Å². The van der Waals surface area contributed by atoms with E-state index in [0.29, 0.717) is 27.8 Å². The van der Waals surface area contributed by atoms with Crippen LogP contribution in [-0.4, -0.2) is 64.2 Å². The molecule has 1 N–H and O–H groups in total. The van der Waals surface area contributed by atoms with Crippen molar-refractivity contribution in [2.24, 2.45) is 0 Å². The Hall–Kier alpha value is -3.47. The predicted octanol–water partition coefficient (Wildman–Crippen LogP) is 5.33. The number of carbonyl (C=O) groups excluding carboxylic acids is 2. The van der Waals surface area contributed by atoms with Crippen molar-refractivity contribution in [2.75, 3.05) is 31.3 Å². The van der Waals surface area contributed by atoms with Crippen LogP contribution in [0.25, 0.3) is 0 Å². The first kappa shape index (κ1) is 34.0. The Morgan fingerprint density at radius 1 is 0.953 bits per heavy atom. The fourth-order valence-corrected chi connectivity index (χ4v) is 5.80. The maximum atomic E-state index is 14.3. The average Bonchev–Trinajstić information content (AvgIpc) is 2.98. The summed E-state index contributed by atoms with van der Waals surface area (Å²) in [6.07, 6.45) is 1.84. The van der Waals surface area contributed by atoms with Crippen LogP contribution in [0.4, 0.5) is 5.69 Å². The highest BCUT2D eigenvalue weighted by molar-refractivity contribution is 7.92. The van der Waals surface area contributed by atoms with Crippen LogP contribution in [0, 0.1) is 0 Å². The number of hydrogen-bond donors (Lipinski definition) is 1. The average molecular weight is 651 g/mol. The lowest BCUT2D eigenvalue weighted by molar-refractivity contribution is -0.140. The minimum absolute atomic E-state index is 0.138. The first-order valence-corrected chi connectivity index (χ1v) is 16.3. The van der Waals surface area contributed by atoms with E-state index >= 15 is 0 Å². The quantitative estimate of drug-likeness (QED) is 0.253. The van der Waals surface area contributed by atoms with Gasteiger partial charge in [0, 0.05) is 40.7 Å². The number of ether oxygens (including phenoxy) is 2. The zero-order valence-corrected chi connectivity index (χ0v) is 27.2. The molecule has 0 spiro atoms. The number of amides is 2. The molecule has 0 saturated heterocycles. The summed E-state index contributed by atoms with van der Waals surface area (Å²) < 4.78 is 37.8. The van der Waals surface area contributed by atoms with E-state index in [1.54, 1.807) is 24.3 Å². The number of carbonyl (C=O) groups is 2. The number of nitrogens with one attached hydrogen (secondary N) is 1. The van der Waals surface area contributed by atoms with E-state index in [4.69, 9.17) is 32.7 Å². The maximum absolute atomic E-state index is 14.3. The molecule has 0 bridgehead atoms. The third kappa shape index (κ3) is 9.01. The molecule has 12 heteroatoms. The van der Waals surface area contributed by atoms with Crippen LogP contribution in [0.5, 0.6) is 11.5 Å². The van der Waals surface area contributed by atoms with Crippen LogP contribution in [0.1, 0.15) is 31.4 Å². The number of nitrogens with zero attached hydrogens (tertiary/aromatic N) is 2. The SMILES string of the molecule is CC[C@@H](C)NC(=O)[C@H](Cc1ccccc1)N(Cc1c(Cl)cccc1Cl)C(=O)CN(c1ccc(OC)cc1OC)S(C)(=O)=O. The first-order valence-electron chi connectivity index (χ1n) is 13.7. The second kappa shape index (κ2) is 15.3. The molecule has 2 amide bonds. The number of rotatable bonds is 14. The summed E-state index contributed by atoms with van der Waals surface area (Å²) >= 11 is 13.0. The predicted molar refractivity (Wildman–Crippen MR) is 171 cm³/mol. The van der Waals surface area contributed by atoms with Gasteiger partial charge in [0.2, 0.25) is 21.8 Å². The highest BCUT2D eigenvalue weighted by atomic mass is 35.5. The summed E-state index contributed by atoms with van der Waals surface area (Å²) in [5.74, 6) is -0.393. The summed E-state index contributed by atoms with van der Waals surface area (Å²) in [6.45, 7) is 3.05. The van der Waals surface area contributed by atoms with Crippen molar-refractivity contribution in [1.29, 1.82) is 0 Å². The lowest BCUT2D eigenvalue weighted by Crippen LogP contribution is -2.54. The Bertz CT molecular complexity index is 1500. The monoisotopic (exact) mass is 649 g/mol. The van der Waals surface area contributed by atoms with Crippen LogP contribution in [0.2, 0.25) is 10.0 Å². The molecule has 0 unspecified atom stereocenters. The molecule has 3 aromatic rings. The zero-order valence-electron chi connectivity index (χ0n) is 24.8. The Kier molecular flexibility index (Phi) is 12.1. The Labute approximate surface area is 263 Å². The number of anilines is 1. The molecular weight excluding hydrogens is 613 g/mol. The third-order valence-electron chi connectivity index (χ3n) is 7.00. The van der Waals surface area contributed by atoms with Crippen molar-refractivity contribution in [2.45, 2.75) is 45.3 Å². The van der Waals surface area contributed by atoms with Crippen molar-refractivity contribution >= 4 is 50.7 Å². The summed E-state index contributed by atoms with van der Waals surface area (Å²) in [4.78, 5) is 29.5. The van der Waals surface area contributed by atoms with Crippen molar-refractivity contribution < 1.29 is 27.5 Å². The molecular formula is C31H37Cl2N3O6S. The highest BCUT2D eigenvalue weighted by Gasteiger charge is 2.34. The van der Waals surface area contributed by atoms with Crippen molar-refractivity contribution in [3.63, 3.8) is 0 Å². The van der Waals surface area contributed by atoms with E-state index < -0.39 is 28.5 Å². The van der Waals surface area contributed by atoms with Gasteiger partial charge in [-0.05, 0) is 43.2 Å². The van der Waals surface area contributed by atoms with Gasteiger partial charge in [-0.3, -0.25) is 13.9 Å². The van der Waals surface area contributed by atoms with Crippen LogP contribution in [0.3, 0.4) is 0 Å². The normalized spacial score (nSPS) is 12.6. The van der Waals surface area contributed by atoms with Gasteiger partial charge in [-0.2, -0.15) is 0 Å². The van der Waals surface area contributed by atoms with Gasteiger partial charge in [-0.1, -0.05) is 66.5 Å². The number of halogens is 2. The fraction of sp³-hybridized carbons (Fsp3) is 0.355. The smallest absolute Gasteiger partial charge is 0.244 e. The van der Waals surface area contributed by atoms with E-state index in [1.807, 2.05) is 44.2 Å². The molecule has 9 nitrogen and oxygen atoms in total. The Morgan fingerprint density at radius 3 is 2.16 bits per heavy atom. The molecule has 0 aromatic heterocycles. The number of benzene rings is 3. The fourth-order valence-electron chi connectivity index (χ4n) is 4.43. The molecule has 0 aliphatic carbocycles. The summed E-state index contributed by atoms with van der Waals surface area (Å²) in [5, 5.41) is 3.60. The Morgan fingerprint density at radius 2 is 1.60 bits per heavy atom. The van der Waals surface area contributed by atoms with Gasteiger partial charge in [0.15, 0.2) is 0 Å². The van der Waals surface area contributed by atoms with Crippen molar-refractivity contribution in [1.82, 2.24) is 10.2 Å². The second-order valence-corrected chi connectivity index (χ2v) is 12.8. The molecule has 2 atom stereocenters. The standard InChI is InChI=1S/C31H37Cl2N3O6S/c1-6-21(2)34-31(38)28(17-22-11-8-7-9-12-22)35(19-24-25(32)13-10-14-26(24)33)30(37)20-36(43(5,39)40)27-16-15-23(41-3)18-29(27)42-4/h7-16,18,21,28H,6,17,19-20H2,1-5H3,(H,34,38)/t21-,28+/m1/s1. The lowest BCUT2D eigenvalue weighted by atomic mass is 10.0. The van der Waals surface area contributed by atoms with Gasteiger partial charge in [0.1, 0.15) is 24.1 Å². The topological polar surface area (TPSA) is 105 Å². The summed E-state index contributed by atoms with van der Waals surface area (Å²) in [7, 11) is -1.14. The summed E-state index contributed by atoms with van der Waals surface area (Å²) in [5.41, 5.74) is 1.38. The van der Waals surface area contributed by atoms with Gasteiger partial charge in [-0.15, -0.1) is 0 Å². The lowest BCUT2D eigenvalue weighted by Gasteiger charge is -2.34. The van der Waals surface area contributed by atoms with Crippen LogP contribution in [-0.2, 0) is 32.6 Å². The molecule has 43 heavy (non-hydrogen) atoms. The molecule has 0 aliphatic heterocycles. The minimum atomic E-state index is -4.00. The third-order valence-corrected chi connectivity index (χ3v) is 8.83. The molecule has 0 fully saturated rings. The van der Waals surface area contributed by atoms with Gasteiger partial charge in [0.05, 0.1) is 26.2 Å². The van der Waals surface area contributed by atoms with Crippen molar-refractivity contribution in [3.05, 3.63) is 87.9 Å². The van der Waals surface area contributed by atoms with Gasteiger partial charge in [0.25, 0.3) is 0 Å². The van der Waals surface area contributed by atoms with Crippen molar-refractivity contribution in [3.8, 4) is 11.5 Å². The van der Waals surface area contributed by atoms with Gasteiger partial charge < -0.3 is 19.7 Å². The van der Waals surface area contributed by atoms with Gasteiger partial charge >= 0.3 is 0 Å². The minimum Gasteiger partial charge on any atom is -0.497 e. The summed E-state index contributed by atoms with van der Waals surface area (Å²) in [6, 6.07) is 17.6. The molecule has 0 aliphatic rings. The van der Waals surface area contributed by atoms with E-state index in [1.165, 1.54) is 31.3 Å². The maximum Gasteiger partial charge on any atom is 0.244 e. The van der Waals surface area contributed by atoms with E-state index in [-0.39, 0.29) is 36.4 Å². The molecule has 3 aromatic carbocycles. The zero-order chi connectivity index (χ0) is 31.7. The number of hydrogen-bond acceptors (Lipinski definition) is 6. The van der Waals surface area contributed by atoms with Crippen LogP contribution < -0.4 is 19.1 Å². The van der Waals surface area contributed by atoms with E-state index in [2.05, 4.69) is 5.32 Å². The highest BCUT2D eigenvalue weighted by Crippen LogP contribution is 2.34. The largest absolute Gasteiger partial charge is 0.497 e. The van der Waals surface area contributed by atoms with Gasteiger partial charge in [-0.25, -0.2) is 8.42 Å². The number of sulfonamides is 1. The Balaban J connectivity index is 2.14. The molecule has 0 saturated carbocycles. The second-order valence-electron chi connectivity index (χ2n) is 10.1. The van der Waals surface area contributed by atoms with Crippen LogP contribution in [0.15, 0.2) is 66.7 Å².